The Hall–Kier alpha value is -0.610. The van der Waals surface area contributed by atoms with Crippen LogP contribution in [0.5, 0.6) is 0 Å². The quantitative estimate of drug-likeness (QED) is 0.669. The molecule has 1 atom stereocenters. The van der Waals surface area contributed by atoms with E-state index in [-0.39, 0.29) is 5.97 Å². The number of hydrogen-bond donors (Lipinski definition) is 1. The largest absolute Gasteiger partial charge is 0.468 e. The summed E-state index contributed by atoms with van der Waals surface area (Å²) in [6.07, 6.45) is 0.614. The molecule has 0 fully saturated rings. The first-order valence-corrected chi connectivity index (χ1v) is 5.35. The Labute approximate surface area is 92.8 Å². The van der Waals surface area contributed by atoms with Crippen molar-refractivity contribution in [3.05, 3.63) is 0 Å². The van der Waals surface area contributed by atoms with E-state index < -0.39 is 5.54 Å². The van der Waals surface area contributed by atoms with E-state index in [9.17, 15) is 4.79 Å². The number of nitrogens with zero attached hydrogens (tertiary/aromatic N) is 1. The molecule has 0 saturated heterocycles. The molecule has 0 spiro atoms. The van der Waals surface area contributed by atoms with Crippen LogP contribution in [0.4, 0.5) is 0 Å². The highest BCUT2D eigenvalue weighted by molar-refractivity contribution is 5.79. The smallest absolute Gasteiger partial charge is 0.325 e. The second-order valence-corrected chi connectivity index (χ2v) is 4.82. The zero-order valence-electron chi connectivity index (χ0n) is 10.5. The third-order valence-electron chi connectivity index (χ3n) is 2.34. The van der Waals surface area contributed by atoms with Crippen LogP contribution in [-0.4, -0.2) is 43.7 Å². The van der Waals surface area contributed by atoms with Crippen LogP contribution in [-0.2, 0) is 9.53 Å². The third-order valence-corrected chi connectivity index (χ3v) is 2.34. The average molecular weight is 216 g/mol. The van der Waals surface area contributed by atoms with Gasteiger partial charge < -0.3 is 15.4 Å². The second kappa shape index (κ2) is 6.08. The molecule has 0 aromatic heterocycles. The van der Waals surface area contributed by atoms with Gasteiger partial charge in [0, 0.05) is 13.1 Å². The maximum Gasteiger partial charge on any atom is 0.325 e. The summed E-state index contributed by atoms with van der Waals surface area (Å²) in [5.74, 6) is 0.276. The number of nitrogens with two attached hydrogens (primary N) is 1. The van der Waals surface area contributed by atoms with E-state index in [1.807, 2.05) is 7.05 Å². The molecule has 4 heteroatoms. The highest BCUT2D eigenvalue weighted by Gasteiger charge is 2.29. The molecule has 0 heterocycles. The number of carbonyl (C=O) groups is 1. The molecule has 0 aliphatic rings. The van der Waals surface area contributed by atoms with E-state index in [2.05, 4.69) is 23.5 Å². The second-order valence-electron chi connectivity index (χ2n) is 4.82. The molecule has 0 radical (unpaired) electrons. The van der Waals surface area contributed by atoms with E-state index in [0.717, 1.165) is 13.1 Å². The van der Waals surface area contributed by atoms with E-state index in [1.54, 1.807) is 6.92 Å². The number of carbonyl (C=O) groups excluding carboxylic acids is 1. The Morgan fingerprint density at radius 2 is 2.07 bits per heavy atom. The first-order valence-electron chi connectivity index (χ1n) is 5.35. The molecule has 15 heavy (non-hydrogen) atoms. The Morgan fingerprint density at radius 1 is 1.53 bits per heavy atom. The lowest BCUT2D eigenvalue weighted by molar-refractivity contribution is -0.146. The van der Waals surface area contributed by atoms with Crippen LogP contribution >= 0.6 is 0 Å². The predicted molar refractivity (Wildman–Crippen MR) is 61.6 cm³/mol. The summed E-state index contributed by atoms with van der Waals surface area (Å²) < 4.78 is 4.65. The fourth-order valence-corrected chi connectivity index (χ4v) is 1.47. The molecule has 0 amide bonds. The number of hydrogen-bond acceptors (Lipinski definition) is 4. The maximum absolute atomic E-state index is 11.3. The van der Waals surface area contributed by atoms with Gasteiger partial charge in [0.05, 0.1) is 7.11 Å². The molecule has 0 bridgehead atoms. The van der Waals surface area contributed by atoms with Crippen LogP contribution in [0.15, 0.2) is 0 Å². The Balaban J connectivity index is 3.98. The summed E-state index contributed by atoms with van der Waals surface area (Å²) in [6.45, 7) is 7.86. The molecule has 4 nitrogen and oxygen atoms in total. The van der Waals surface area contributed by atoms with Gasteiger partial charge in [-0.3, -0.25) is 4.79 Å². The highest BCUT2D eigenvalue weighted by Crippen LogP contribution is 2.09. The monoisotopic (exact) mass is 216 g/mol. The maximum atomic E-state index is 11.3. The molecule has 90 valence electrons. The van der Waals surface area contributed by atoms with Crippen molar-refractivity contribution in [1.82, 2.24) is 4.90 Å². The van der Waals surface area contributed by atoms with Gasteiger partial charge in [0.2, 0.25) is 0 Å². The molecule has 0 rings (SSSR count). The Morgan fingerprint density at radius 3 is 2.47 bits per heavy atom. The fourth-order valence-electron chi connectivity index (χ4n) is 1.47. The first-order chi connectivity index (χ1) is 6.79. The fraction of sp³-hybridized carbons (Fsp3) is 0.909. The molecular formula is C11H24N2O2. The van der Waals surface area contributed by atoms with Crippen LogP contribution in [0.3, 0.4) is 0 Å². The molecular weight excluding hydrogens is 192 g/mol. The highest BCUT2D eigenvalue weighted by atomic mass is 16.5. The van der Waals surface area contributed by atoms with Gasteiger partial charge in [-0.05, 0) is 26.3 Å². The molecule has 1 unspecified atom stereocenters. The van der Waals surface area contributed by atoms with Crippen LogP contribution in [0.2, 0.25) is 0 Å². The molecule has 0 aromatic rings. The Bertz CT molecular complexity index is 203. The van der Waals surface area contributed by atoms with Crippen molar-refractivity contribution in [3.8, 4) is 0 Å². The summed E-state index contributed by atoms with van der Waals surface area (Å²) in [4.78, 5) is 13.5. The number of methoxy groups -OCH3 is 1. The van der Waals surface area contributed by atoms with Gasteiger partial charge in [0.25, 0.3) is 0 Å². The SMILES string of the molecule is COC(=O)C(C)(N)CCN(C)CC(C)C. The van der Waals surface area contributed by atoms with Crippen LogP contribution in [0.1, 0.15) is 27.2 Å². The zero-order valence-corrected chi connectivity index (χ0v) is 10.5. The van der Waals surface area contributed by atoms with E-state index in [1.165, 1.54) is 7.11 Å². The Kier molecular flexibility index (Phi) is 5.83. The molecule has 2 N–H and O–H groups in total. The molecule has 0 aliphatic carbocycles. The van der Waals surface area contributed by atoms with E-state index in [0.29, 0.717) is 12.3 Å². The van der Waals surface area contributed by atoms with Crippen LogP contribution < -0.4 is 5.73 Å². The minimum absolute atomic E-state index is 0.347. The number of ether oxygens (including phenoxy) is 1. The van der Waals surface area contributed by atoms with Gasteiger partial charge in [-0.2, -0.15) is 0 Å². The van der Waals surface area contributed by atoms with Gasteiger partial charge in [0.1, 0.15) is 5.54 Å². The molecule has 0 aromatic carbocycles. The van der Waals surface area contributed by atoms with Gasteiger partial charge in [0.15, 0.2) is 0 Å². The van der Waals surface area contributed by atoms with Crippen molar-refractivity contribution in [2.45, 2.75) is 32.7 Å². The summed E-state index contributed by atoms with van der Waals surface area (Å²) >= 11 is 0. The molecule has 0 aliphatic heterocycles. The third kappa shape index (κ3) is 5.74. The van der Waals surface area contributed by atoms with Crippen LogP contribution in [0, 0.1) is 5.92 Å². The minimum atomic E-state index is -0.875. The lowest BCUT2D eigenvalue weighted by Crippen LogP contribution is -2.48. The predicted octanol–water partition coefficient (Wildman–Crippen LogP) is 0.855. The van der Waals surface area contributed by atoms with Crippen molar-refractivity contribution in [2.75, 3.05) is 27.2 Å². The number of rotatable bonds is 6. The van der Waals surface area contributed by atoms with Gasteiger partial charge in [-0.1, -0.05) is 13.8 Å². The van der Waals surface area contributed by atoms with E-state index in [4.69, 9.17) is 5.73 Å². The average Bonchev–Trinajstić information content (AvgIpc) is 2.12. The van der Waals surface area contributed by atoms with Crippen molar-refractivity contribution >= 4 is 5.97 Å². The summed E-state index contributed by atoms with van der Waals surface area (Å²) in [5, 5.41) is 0. The zero-order chi connectivity index (χ0) is 12.1. The first kappa shape index (κ1) is 14.4. The topological polar surface area (TPSA) is 55.6 Å². The van der Waals surface area contributed by atoms with Crippen molar-refractivity contribution in [2.24, 2.45) is 11.7 Å². The lowest BCUT2D eigenvalue weighted by atomic mass is 9.99. The molecule has 0 saturated carbocycles. The summed E-state index contributed by atoms with van der Waals surface area (Å²) in [5.41, 5.74) is 4.97. The van der Waals surface area contributed by atoms with E-state index >= 15 is 0 Å². The minimum Gasteiger partial charge on any atom is -0.468 e. The van der Waals surface area contributed by atoms with Crippen molar-refractivity contribution in [3.63, 3.8) is 0 Å². The van der Waals surface area contributed by atoms with Crippen LogP contribution in [0.25, 0.3) is 0 Å². The summed E-state index contributed by atoms with van der Waals surface area (Å²) in [7, 11) is 3.40. The normalized spacial score (nSPS) is 15.5. The summed E-state index contributed by atoms with van der Waals surface area (Å²) in [6, 6.07) is 0. The van der Waals surface area contributed by atoms with Gasteiger partial charge in [-0.25, -0.2) is 0 Å². The standard InChI is InChI=1S/C11H24N2O2/c1-9(2)8-13(4)7-6-11(3,12)10(14)15-5/h9H,6-8,12H2,1-5H3. The lowest BCUT2D eigenvalue weighted by Gasteiger charge is -2.25. The van der Waals surface area contributed by atoms with Gasteiger partial charge in [-0.15, -0.1) is 0 Å². The van der Waals surface area contributed by atoms with Crippen molar-refractivity contribution < 1.29 is 9.53 Å². The number of esters is 1. The van der Waals surface area contributed by atoms with Gasteiger partial charge >= 0.3 is 5.97 Å². The van der Waals surface area contributed by atoms with Crippen molar-refractivity contribution in [1.29, 1.82) is 0 Å².